The van der Waals surface area contributed by atoms with Gasteiger partial charge < -0.3 is 4.90 Å². The van der Waals surface area contributed by atoms with Crippen LogP contribution in [-0.4, -0.2) is 51.9 Å². The van der Waals surface area contributed by atoms with Crippen LogP contribution in [0.2, 0.25) is 0 Å². The van der Waals surface area contributed by atoms with E-state index in [9.17, 15) is 4.79 Å². The molecule has 1 saturated heterocycles. The number of aromatic nitrogens is 2. The van der Waals surface area contributed by atoms with Crippen molar-refractivity contribution in [3.05, 3.63) is 59.2 Å². The molecule has 1 fully saturated rings. The van der Waals surface area contributed by atoms with Gasteiger partial charge in [0.15, 0.2) is 0 Å². The van der Waals surface area contributed by atoms with Gasteiger partial charge in [-0.1, -0.05) is 44.2 Å². The Morgan fingerprint density at radius 3 is 2.71 bits per heavy atom. The lowest BCUT2D eigenvalue weighted by Gasteiger charge is -2.37. The maximum Gasteiger partial charge on any atom is 0.272 e. The Morgan fingerprint density at radius 2 is 2.00 bits per heavy atom. The number of likely N-dealkylation sites (N-methyl/N-ethyl adjacent to an activating group) is 1. The van der Waals surface area contributed by atoms with E-state index in [2.05, 4.69) is 60.0 Å². The molecule has 0 aliphatic carbocycles. The second-order valence-electron chi connectivity index (χ2n) is 8.34. The number of likely N-dealkylation sites (tertiary alicyclic amines) is 1. The molecule has 1 aliphatic rings. The number of benzene rings is 1. The summed E-state index contributed by atoms with van der Waals surface area (Å²) >= 11 is 0. The van der Waals surface area contributed by atoms with E-state index in [1.54, 1.807) is 0 Å². The summed E-state index contributed by atoms with van der Waals surface area (Å²) < 4.78 is 0. The van der Waals surface area contributed by atoms with Crippen LogP contribution < -0.4 is 0 Å². The van der Waals surface area contributed by atoms with E-state index < -0.39 is 0 Å². The molecule has 5 heteroatoms. The number of amides is 1. The fraction of sp³-hybridized carbons (Fsp3) is 0.522. The molecule has 1 aromatic heterocycles. The van der Waals surface area contributed by atoms with Crippen LogP contribution >= 0.6 is 0 Å². The summed E-state index contributed by atoms with van der Waals surface area (Å²) in [5.74, 6) is 1.22. The first-order chi connectivity index (χ1) is 13.4. The molecule has 1 amide bonds. The summed E-state index contributed by atoms with van der Waals surface area (Å²) in [6, 6.07) is 12.8. The molecule has 0 N–H and O–H groups in total. The third-order valence-electron chi connectivity index (χ3n) is 5.31. The van der Waals surface area contributed by atoms with Crippen molar-refractivity contribution in [1.82, 2.24) is 19.8 Å². The van der Waals surface area contributed by atoms with E-state index in [1.807, 2.05) is 24.0 Å². The highest BCUT2D eigenvalue weighted by molar-refractivity contribution is 5.92. The van der Waals surface area contributed by atoms with Crippen molar-refractivity contribution in [2.75, 3.05) is 20.1 Å². The summed E-state index contributed by atoms with van der Waals surface area (Å²) in [5.41, 5.74) is 2.80. The molecule has 0 spiro atoms. The highest BCUT2D eigenvalue weighted by atomic mass is 16.2. The molecular formula is C23H32N4O. The Balaban J connectivity index is 1.68. The lowest BCUT2D eigenvalue weighted by Crippen LogP contribution is -2.48. The van der Waals surface area contributed by atoms with Gasteiger partial charge in [-0.2, -0.15) is 0 Å². The Hall–Kier alpha value is -2.27. The summed E-state index contributed by atoms with van der Waals surface area (Å²) in [5, 5.41) is 0. The van der Waals surface area contributed by atoms with Crippen LogP contribution in [0.4, 0.5) is 0 Å². The van der Waals surface area contributed by atoms with Gasteiger partial charge in [0.2, 0.25) is 0 Å². The molecule has 2 aromatic rings. The molecule has 0 unspecified atom stereocenters. The smallest absolute Gasteiger partial charge is 0.272 e. The molecule has 0 radical (unpaired) electrons. The second kappa shape index (κ2) is 9.28. The summed E-state index contributed by atoms with van der Waals surface area (Å²) in [7, 11) is 2.15. The molecule has 1 aliphatic heterocycles. The molecule has 3 rings (SSSR count). The predicted octanol–water partition coefficient (Wildman–Crippen LogP) is 3.72. The second-order valence-corrected chi connectivity index (χ2v) is 8.34. The average Bonchev–Trinajstić information content (AvgIpc) is 2.67. The molecular weight excluding hydrogens is 348 g/mol. The third kappa shape index (κ3) is 5.38. The zero-order valence-electron chi connectivity index (χ0n) is 17.6. The zero-order chi connectivity index (χ0) is 20.1. The van der Waals surface area contributed by atoms with E-state index in [-0.39, 0.29) is 5.91 Å². The van der Waals surface area contributed by atoms with Gasteiger partial charge in [-0.15, -0.1) is 0 Å². The van der Waals surface area contributed by atoms with Gasteiger partial charge in [-0.25, -0.2) is 9.97 Å². The monoisotopic (exact) mass is 380 g/mol. The third-order valence-corrected chi connectivity index (χ3v) is 5.31. The number of hydrogen-bond acceptors (Lipinski definition) is 4. The largest absolute Gasteiger partial charge is 0.336 e. The minimum atomic E-state index is 0.0355. The molecule has 5 nitrogen and oxygen atoms in total. The van der Waals surface area contributed by atoms with Crippen LogP contribution in [0.3, 0.4) is 0 Å². The minimum Gasteiger partial charge on any atom is -0.336 e. The van der Waals surface area contributed by atoms with Crippen LogP contribution in [0, 0.1) is 12.8 Å². The van der Waals surface area contributed by atoms with E-state index in [0.717, 1.165) is 44.6 Å². The van der Waals surface area contributed by atoms with E-state index in [4.69, 9.17) is 0 Å². The Labute approximate surface area is 168 Å². The normalized spacial score (nSPS) is 17.4. The fourth-order valence-corrected chi connectivity index (χ4v) is 3.92. The number of rotatable bonds is 6. The topological polar surface area (TPSA) is 49.3 Å². The molecule has 1 aromatic carbocycles. The van der Waals surface area contributed by atoms with E-state index in [0.29, 0.717) is 23.5 Å². The Kier molecular flexibility index (Phi) is 6.79. The minimum absolute atomic E-state index is 0.0355. The van der Waals surface area contributed by atoms with Crippen molar-refractivity contribution in [3.8, 4) is 0 Å². The lowest BCUT2D eigenvalue weighted by molar-refractivity contribution is 0.0596. The Morgan fingerprint density at radius 1 is 1.25 bits per heavy atom. The fourth-order valence-electron chi connectivity index (χ4n) is 3.92. The summed E-state index contributed by atoms with van der Waals surface area (Å²) in [6.45, 7) is 8.65. The number of carbonyl (C=O) groups excluding carboxylic acids is 1. The van der Waals surface area contributed by atoms with Gasteiger partial charge in [0, 0.05) is 31.4 Å². The van der Waals surface area contributed by atoms with Crippen LogP contribution in [0.25, 0.3) is 0 Å². The van der Waals surface area contributed by atoms with Crippen molar-refractivity contribution in [3.63, 3.8) is 0 Å². The van der Waals surface area contributed by atoms with Crippen molar-refractivity contribution in [1.29, 1.82) is 0 Å². The van der Waals surface area contributed by atoms with Crippen LogP contribution in [0.15, 0.2) is 36.4 Å². The number of hydrogen-bond donors (Lipinski definition) is 0. The van der Waals surface area contributed by atoms with Crippen LogP contribution in [0.1, 0.15) is 54.3 Å². The first-order valence-electron chi connectivity index (χ1n) is 10.3. The predicted molar refractivity (Wildman–Crippen MR) is 112 cm³/mol. The molecule has 0 bridgehead atoms. The van der Waals surface area contributed by atoms with Gasteiger partial charge in [0.1, 0.15) is 11.5 Å². The molecule has 150 valence electrons. The molecule has 1 atom stereocenters. The van der Waals surface area contributed by atoms with Crippen LogP contribution in [-0.2, 0) is 13.0 Å². The maximum absolute atomic E-state index is 13.1. The van der Waals surface area contributed by atoms with Crippen molar-refractivity contribution >= 4 is 5.91 Å². The van der Waals surface area contributed by atoms with Gasteiger partial charge in [0.05, 0.1) is 0 Å². The highest BCUT2D eigenvalue weighted by Crippen LogP contribution is 2.19. The quantitative estimate of drug-likeness (QED) is 0.766. The van der Waals surface area contributed by atoms with E-state index >= 15 is 0 Å². The number of aryl methyl sites for hydroxylation is 1. The number of piperidine rings is 1. The summed E-state index contributed by atoms with van der Waals surface area (Å²) in [4.78, 5) is 26.4. The highest BCUT2D eigenvalue weighted by Gasteiger charge is 2.28. The maximum atomic E-state index is 13.1. The van der Waals surface area contributed by atoms with Crippen molar-refractivity contribution < 1.29 is 4.79 Å². The van der Waals surface area contributed by atoms with Gasteiger partial charge in [-0.05, 0) is 50.8 Å². The van der Waals surface area contributed by atoms with E-state index in [1.165, 1.54) is 5.56 Å². The SMILES string of the molecule is Cc1nc(CC(C)C)cc(C(=O)N2CCC[C@H](N(C)Cc3ccccc3)C2)n1. The molecule has 2 heterocycles. The molecule has 0 saturated carbocycles. The average molecular weight is 381 g/mol. The molecule has 28 heavy (non-hydrogen) atoms. The van der Waals surface area contributed by atoms with Gasteiger partial charge >= 0.3 is 0 Å². The van der Waals surface area contributed by atoms with Gasteiger partial charge in [-0.3, -0.25) is 9.69 Å². The first kappa shape index (κ1) is 20.5. The Bertz CT molecular complexity index is 790. The van der Waals surface area contributed by atoms with Gasteiger partial charge in [0.25, 0.3) is 5.91 Å². The number of carbonyl (C=O) groups is 1. The van der Waals surface area contributed by atoms with Crippen molar-refractivity contribution in [2.24, 2.45) is 5.92 Å². The number of nitrogens with zero attached hydrogens (tertiary/aromatic N) is 4. The summed E-state index contributed by atoms with van der Waals surface area (Å²) in [6.07, 6.45) is 3.01. The lowest BCUT2D eigenvalue weighted by atomic mass is 10.0. The van der Waals surface area contributed by atoms with Crippen molar-refractivity contribution in [2.45, 2.75) is 52.6 Å². The zero-order valence-corrected chi connectivity index (χ0v) is 17.6. The van der Waals surface area contributed by atoms with Crippen LogP contribution in [0.5, 0.6) is 0 Å². The first-order valence-corrected chi connectivity index (χ1v) is 10.3. The standard InChI is InChI=1S/C23H32N4O/c1-17(2)13-20-14-22(25-18(3)24-20)23(28)27-12-8-11-21(16-27)26(4)15-19-9-6-5-7-10-19/h5-7,9-10,14,17,21H,8,11-13,15-16H2,1-4H3/t21-/m0/s1.